The van der Waals surface area contributed by atoms with Crippen molar-refractivity contribution in [3.05, 3.63) is 47.3 Å². The summed E-state index contributed by atoms with van der Waals surface area (Å²) in [4.78, 5) is 10.7. The normalized spacial score (nSPS) is 10.3. The van der Waals surface area contributed by atoms with E-state index in [2.05, 4.69) is 22.4 Å². The topological polar surface area (TPSA) is 47.8 Å². The van der Waals surface area contributed by atoms with Crippen molar-refractivity contribution < 1.29 is 4.79 Å². The Hall–Kier alpha value is -1.97. The van der Waals surface area contributed by atoms with Crippen LogP contribution in [0.15, 0.2) is 30.3 Å². The van der Waals surface area contributed by atoms with Gasteiger partial charge in [-0.3, -0.25) is 9.48 Å². The lowest BCUT2D eigenvalue weighted by Crippen LogP contribution is -2.02. The third-order valence-corrected chi connectivity index (χ3v) is 2.58. The van der Waals surface area contributed by atoms with Gasteiger partial charge in [-0.25, -0.2) is 0 Å². The van der Waals surface area contributed by atoms with E-state index in [0.29, 0.717) is 5.69 Å². The molecule has 0 atom stereocenters. The molecule has 1 aromatic carbocycles. The number of hydrogen-bond acceptors (Lipinski definition) is 3. The van der Waals surface area contributed by atoms with Gasteiger partial charge in [-0.1, -0.05) is 35.5 Å². The number of aryl methyl sites for hydroxylation is 2. The number of benzene rings is 1. The summed E-state index contributed by atoms with van der Waals surface area (Å²) < 4.78 is 1.66. The van der Waals surface area contributed by atoms with E-state index < -0.39 is 0 Å². The first-order chi connectivity index (χ1) is 7.81. The number of rotatable bonds is 4. The molecule has 4 heteroatoms. The Morgan fingerprint density at radius 1 is 1.25 bits per heavy atom. The van der Waals surface area contributed by atoms with Gasteiger partial charge in [-0.2, -0.15) is 0 Å². The smallest absolute Gasteiger partial charge is 0.172 e. The minimum Gasteiger partial charge on any atom is -0.296 e. The van der Waals surface area contributed by atoms with Crippen LogP contribution < -0.4 is 0 Å². The highest BCUT2D eigenvalue weighted by molar-refractivity contribution is 5.73. The minimum absolute atomic E-state index is 0.443. The van der Waals surface area contributed by atoms with Crippen LogP contribution in [0.2, 0.25) is 0 Å². The Bertz CT molecular complexity index is 476. The first-order valence-corrected chi connectivity index (χ1v) is 5.19. The molecule has 0 amide bonds. The lowest BCUT2D eigenvalue weighted by molar-refractivity contribution is 0.111. The maximum absolute atomic E-state index is 10.7. The number of carbonyl (C=O) groups is 1. The van der Waals surface area contributed by atoms with Crippen molar-refractivity contribution in [1.82, 2.24) is 15.0 Å². The molecule has 0 aliphatic rings. The first-order valence-electron chi connectivity index (χ1n) is 5.19. The Labute approximate surface area is 93.9 Å². The van der Waals surface area contributed by atoms with Crippen molar-refractivity contribution in [3.8, 4) is 0 Å². The van der Waals surface area contributed by atoms with Crippen molar-refractivity contribution in [2.75, 3.05) is 0 Å². The van der Waals surface area contributed by atoms with E-state index >= 15 is 0 Å². The van der Waals surface area contributed by atoms with E-state index in [4.69, 9.17) is 0 Å². The number of carbonyl (C=O) groups excluding carboxylic acids is 1. The zero-order valence-corrected chi connectivity index (χ0v) is 9.13. The summed E-state index contributed by atoms with van der Waals surface area (Å²) in [6.45, 7) is 0. The van der Waals surface area contributed by atoms with Gasteiger partial charge in [-0.05, 0) is 18.4 Å². The van der Waals surface area contributed by atoms with Crippen LogP contribution in [0.25, 0.3) is 0 Å². The molecule has 4 nitrogen and oxygen atoms in total. The summed E-state index contributed by atoms with van der Waals surface area (Å²) in [6.07, 6.45) is 2.43. The average Bonchev–Trinajstić information content (AvgIpc) is 2.69. The minimum atomic E-state index is 0.443. The summed E-state index contributed by atoms with van der Waals surface area (Å²) in [5.41, 5.74) is 2.58. The fourth-order valence-corrected chi connectivity index (χ4v) is 1.68. The van der Waals surface area contributed by atoms with E-state index in [0.717, 1.165) is 24.8 Å². The molecule has 0 spiro atoms. The third-order valence-electron chi connectivity index (χ3n) is 2.58. The number of aldehydes is 1. The Morgan fingerprint density at radius 3 is 2.69 bits per heavy atom. The van der Waals surface area contributed by atoms with Crippen molar-refractivity contribution in [1.29, 1.82) is 0 Å². The lowest BCUT2D eigenvalue weighted by atomic mass is 10.1. The summed E-state index contributed by atoms with van der Waals surface area (Å²) in [6, 6.07) is 10.2. The Morgan fingerprint density at radius 2 is 2.00 bits per heavy atom. The van der Waals surface area contributed by atoms with Gasteiger partial charge >= 0.3 is 0 Å². The second-order valence-electron chi connectivity index (χ2n) is 3.65. The summed E-state index contributed by atoms with van der Waals surface area (Å²) in [5, 5.41) is 7.63. The molecule has 2 rings (SSSR count). The molecular weight excluding hydrogens is 202 g/mol. The predicted octanol–water partition coefficient (Wildman–Crippen LogP) is 1.41. The van der Waals surface area contributed by atoms with Crippen LogP contribution >= 0.6 is 0 Å². The lowest BCUT2D eigenvalue weighted by Gasteiger charge is -2.02. The molecule has 1 aromatic heterocycles. The molecule has 0 aliphatic carbocycles. The molecule has 0 N–H and O–H groups in total. The van der Waals surface area contributed by atoms with Gasteiger partial charge < -0.3 is 0 Å². The van der Waals surface area contributed by atoms with E-state index in [9.17, 15) is 4.79 Å². The molecule has 0 bridgehead atoms. The number of nitrogens with zero attached hydrogens (tertiary/aromatic N) is 3. The predicted molar refractivity (Wildman–Crippen MR) is 60.2 cm³/mol. The molecule has 0 fully saturated rings. The maximum Gasteiger partial charge on any atom is 0.172 e. The van der Waals surface area contributed by atoms with Crippen molar-refractivity contribution in [2.45, 2.75) is 12.8 Å². The van der Waals surface area contributed by atoms with E-state index in [1.165, 1.54) is 5.56 Å². The molecule has 0 aliphatic heterocycles. The summed E-state index contributed by atoms with van der Waals surface area (Å²) in [5.74, 6) is 0. The zero-order valence-electron chi connectivity index (χ0n) is 9.13. The van der Waals surface area contributed by atoms with E-state index in [-0.39, 0.29) is 0 Å². The van der Waals surface area contributed by atoms with Crippen LogP contribution in [0.1, 0.15) is 21.7 Å². The van der Waals surface area contributed by atoms with Crippen LogP contribution in [-0.2, 0) is 19.9 Å². The van der Waals surface area contributed by atoms with Gasteiger partial charge in [0.25, 0.3) is 0 Å². The van der Waals surface area contributed by atoms with Crippen LogP contribution in [0.4, 0.5) is 0 Å². The monoisotopic (exact) mass is 215 g/mol. The van der Waals surface area contributed by atoms with Gasteiger partial charge in [0.1, 0.15) is 5.69 Å². The second kappa shape index (κ2) is 4.70. The average molecular weight is 215 g/mol. The standard InChI is InChI=1S/C12H13N3O/c1-15-12(11(9-16)13-14-15)8-7-10-5-3-2-4-6-10/h2-6,9H,7-8H2,1H3. The van der Waals surface area contributed by atoms with Crippen molar-refractivity contribution >= 4 is 6.29 Å². The van der Waals surface area contributed by atoms with Gasteiger partial charge in [0, 0.05) is 7.05 Å². The van der Waals surface area contributed by atoms with Crippen LogP contribution in [0.3, 0.4) is 0 Å². The van der Waals surface area contributed by atoms with Gasteiger partial charge in [0.15, 0.2) is 6.29 Å². The molecule has 2 aromatic rings. The first kappa shape index (κ1) is 10.5. The van der Waals surface area contributed by atoms with Crippen molar-refractivity contribution in [3.63, 3.8) is 0 Å². The molecule has 0 saturated heterocycles. The van der Waals surface area contributed by atoms with Crippen LogP contribution in [0, 0.1) is 0 Å². The summed E-state index contributed by atoms with van der Waals surface area (Å²) >= 11 is 0. The molecular formula is C12H13N3O. The van der Waals surface area contributed by atoms with Gasteiger partial charge in [0.05, 0.1) is 5.69 Å². The molecule has 0 saturated carbocycles. The highest BCUT2D eigenvalue weighted by Gasteiger charge is 2.09. The largest absolute Gasteiger partial charge is 0.296 e. The van der Waals surface area contributed by atoms with Crippen LogP contribution in [0.5, 0.6) is 0 Å². The SMILES string of the molecule is Cn1nnc(C=O)c1CCc1ccccc1. The third kappa shape index (κ3) is 2.16. The molecule has 1 heterocycles. The number of hydrogen-bond donors (Lipinski definition) is 0. The van der Waals surface area contributed by atoms with Gasteiger partial charge in [-0.15, -0.1) is 5.10 Å². The quantitative estimate of drug-likeness (QED) is 0.724. The second-order valence-corrected chi connectivity index (χ2v) is 3.65. The van der Waals surface area contributed by atoms with Gasteiger partial charge in [0.2, 0.25) is 0 Å². The van der Waals surface area contributed by atoms with E-state index in [1.807, 2.05) is 18.2 Å². The molecule has 82 valence electrons. The Balaban J connectivity index is 2.10. The number of aromatic nitrogens is 3. The fourth-order valence-electron chi connectivity index (χ4n) is 1.68. The molecule has 16 heavy (non-hydrogen) atoms. The van der Waals surface area contributed by atoms with Crippen LogP contribution in [-0.4, -0.2) is 21.3 Å². The Kier molecular flexibility index (Phi) is 3.10. The molecule has 0 unspecified atom stereocenters. The fraction of sp³-hybridized carbons (Fsp3) is 0.250. The zero-order chi connectivity index (χ0) is 11.4. The highest BCUT2D eigenvalue weighted by Crippen LogP contribution is 2.08. The molecule has 0 radical (unpaired) electrons. The summed E-state index contributed by atoms with van der Waals surface area (Å²) in [7, 11) is 1.81. The highest BCUT2D eigenvalue weighted by atomic mass is 16.1. The maximum atomic E-state index is 10.7. The van der Waals surface area contributed by atoms with E-state index in [1.54, 1.807) is 11.7 Å². The van der Waals surface area contributed by atoms with Crippen molar-refractivity contribution in [2.24, 2.45) is 7.05 Å².